The molecule has 1 aromatic rings. The summed E-state index contributed by atoms with van der Waals surface area (Å²) in [5.41, 5.74) is -0.0662. The smallest absolute Gasteiger partial charge is 0.252 e. The first-order valence-corrected chi connectivity index (χ1v) is 6.24. The summed E-state index contributed by atoms with van der Waals surface area (Å²) in [5.74, 6) is 1.49. The maximum Gasteiger partial charge on any atom is 0.252 e. The number of anilines is 1. The molecule has 2 rings (SSSR count). The molecule has 0 amide bonds. The lowest BCUT2D eigenvalue weighted by molar-refractivity contribution is 0.258. The van der Waals surface area contributed by atoms with Gasteiger partial charge in [0, 0.05) is 32.2 Å². The molecule has 0 saturated carbocycles. The summed E-state index contributed by atoms with van der Waals surface area (Å²) < 4.78 is 0. The topological polar surface area (TPSA) is 52.2 Å². The largest absolute Gasteiger partial charge is 0.354 e. The third-order valence-electron chi connectivity index (χ3n) is 3.08. The number of hydrogen-bond donors (Lipinski definition) is 1. The van der Waals surface area contributed by atoms with E-state index in [9.17, 15) is 4.79 Å². The average molecular weight is 236 g/mol. The molecular weight excluding hydrogens is 216 g/mol. The molecule has 5 nitrogen and oxygen atoms in total. The van der Waals surface area contributed by atoms with Crippen molar-refractivity contribution in [3.05, 3.63) is 22.2 Å². The summed E-state index contributed by atoms with van der Waals surface area (Å²) in [4.78, 5) is 23.1. The Kier molecular flexibility index (Phi) is 3.78. The minimum atomic E-state index is -0.0662. The lowest BCUT2D eigenvalue weighted by Gasteiger charge is -2.35. The van der Waals surface area contributed by atoms with Crippen molar-refractivity contribution in [2.75, 3.05) is 37.6 Å². The van der Waals surface area contributed by atoms with Crippen LogP contribution in [0.25, 0.3) is 0 Å². The Morgan fingerprint density at radius 1 is 1.35 bits per heavy atom. The van der Waals surface area contributed by atoms with E-state index in [0.29, 0.717) is 5.82 Å². The van der Waals surface area contributed by atoms with Gasteiger partial charge in [0.05, 0.1) is 0 Å². The molecular formula is C12H20N4O. The van der Waals surface area contributed by atoms with Gasteiger partial charge in [0.2, 0.25) is 0 Å². The maximum atomic E-state index is 11.4. The lowest BCUT2D eigenvalue weighted by atomic mass is 10.3. The van der Waals surface area contributed by atoms with Gasteiger partial charge in [0.1, 0.15) is 11.6 Å². The molecule has 0 unspecified atom stereocenters. The number of piperazine rings is 1. The molecule has 0 spiro atoms. The zero-order valence-electron chi connectivity index (χ0n) is 10.6. The zero-order chi connectivity index (χ0) is 12.3. The standard InChI is InChI=1S/C12H20N4O/c1-3-4-15-5-7-16(8-6-15)11-9-12(17)14-10(2)13-11/h9H,3-8H2,1-2H3,(H,13,14,17). The number of aromatic nitrogens is 2. The molecule has 0 bridgehead atoms. The van der Waals surface area contributed by atoms with Gasteiger partial charge >= 0.3 is 0 Å². The van der Waals surface area contributed by atoms with Crippen molar-refractivity contribution in [2.45, 2.75) is 20.3 Å². The van der Waals surface area contributed by atoms with E-state index < -0.39 is 0 Å². The van der Waals surface area contributed by atoms with Crippen LogP contribution < -0.4 is 10.5 Å². The Balaban J connectivity index is 2.02. The fraction of sp³-hybridized carbons (Fsp3) is 0.667. The number of aromatic amines is 1. The Hall–Kier alpha value is -1.36. The first-order valence-electron chi connectivity index (χ1n) is 6.24. The van der Waals surface area contributed by atoms with Gasteiger partial charge < -0.3 is 9.88 Å². The van der Waals surface area contributed by atoms with E-state index in [1.807, 2.05) is 6.92 Å². The molecule has 1 aliphatic rings. The quantitative estimate of drug-likeness (QED) is 0.835. The molecule has 1 saturated heterocycles. The number of nitrogens with zero attached hydrogens (tertiary/aromatic N) is 3. The average Bonchev–Trinajstić information content (AvgIpc) is 2.29. The number of rotatable bonds is 3. The molecule has 0 aromatic carbocycles. The lowest BCUT2D eigenvalue weighted by Crippen LogP contribution is -2.47. The molecule has 1 N–H and O–H groups in total. The molecule has 94 valence electrons. The van der Waals surface area contributed by atoms with E-state index in [1.54, 1.807) is 6.07 Å². The highest BCUT2D eigenvalue weighted by Crippen LogP contribution is 2.11. The van der Waals surface area contributed by atoms with Gasteiger partial charge in [0.15, 0.2) is 0 Å². The molecule has 0 aliphatic carbocycles. The van der Waals surface area contributed by atoms with Crippen LogP contribution in [0.4, 0.5) is 5.82 Å². The van der Waals surface area contributed by atoms with Gasteiger partial charge in [0.25, 0.3) is 5.56 Å². The Morgan fingerprint density at radius 2 is 2.06 bits per heavy atom. The van der Waals surface area contributed by atoms with Crippen LogP contribution in [0.2, 0.25) is 0 Å². The normalized spacial score (nSPS) is 17.4. The van der Waals surface area contributed by atoms with Crippen molar-refractivity contribution in [3.63, 3.8) is 0 Å². The van der Waals surface area contributed by atoms with E-state index in [0.717, 1.165) is 38.5 Å². The highest BCUT2D eigenvalue weighted by molar-refractivity contribution is 5.37. The van der Waals surface area contributed by atoms with Crippen LogP contribution >= 0.6 is 0 Å². The van der Waals surface area contributed by atoms with E-state index in [1.165, 1.54) is 6.42 Å². The van der Waals surface area contributed by atoms with Gasteiger partial charge in [-0.3, -0.25) is 9.69 Å². The van der Waals surface area contributed by atoms with Crippen LogP contribution in [0.15, 0.2) is 10.9 Å². The highest BCUT2D eigenvalue weighted by atomic mass is 16.1. The molecule has 1 aliphatic heterocycles. The minimum absolute atomic E-state index is 0.0662. The molecule has 5 heteroatoms. The van der Waals surface area contributed by atoms with Gasteiger partial charge in [-0.05, 0) is 19.9 Å². The number of aryl methyl sites for hydroxylation is 1. The summed E-state index contributed by atoms with van der Waals surface area (Å²) >= 11 is 0. The fourth-order valence-electron chi connectivity index (χ4n) is 2.24. The summed E-state index contributed by atoms with van der Waals surface area (Å²) in [7, 11) is 0. The molecule has 17 heavy (non-hydrogen) atoms. The highest BCUT2D eigenvalue weighted by Gasteiger charge is 2.17. The van der Waals surface area contributed by atoms with Crippen LogP contribution in [0.5, 0.6) is 0 Å². The second-order valence-electron chi connectivity index (χ2n) is 4.52. The van der Waals surface area contributed by atoms with Crippen LogP contribution in [-0.4, -0.2) is 47.6 Å². The summed E-state index contributed by atoms with van der Waals surface area (Å²) in [6, 6.07) is 1.59. The SMILES string of the molecule is CCCN1CCN(c2cc(=O)[nH]c(C)n2)CC1. The first kappa shape index (κ1) is 12.1. The van der Waals surface area contributed by atoms with Crippen molar-refractivity contribution < 1.29 is 0 Å². The maximum absolute atomic E-state index is 11.4. The van der Waals surface area contributed by atoms with E-state index in [4.69, 9.17) is 0 Å². The summed E-state index contributed by atoms with van der Waals surface area (Å²) in [6.45, 7) is 9.20. The Morgan fingerprint density at radius 3 is 2.65 bits per heavy atom. The summed E-state index contributed by atoms with van der Waals surface area (Å²) in [6.07, 6.45) is 1.20. The monoisotopic (exact) mass is 236 g/mol. The second-order valence-corrected chi connectivity index (χ2v) is 4.52. The molecule has 0 radical (unpaired) electrons. The van der Waals surface area contributed by atoms with Gasteiger partial charge in [-0.25, -0.2) is 4.98 Å². The molecule has 1 fully saturated rings. The number of hydrogen-bond acceptors (Lipinski definition) is 4. The van der Waals surface area contributed by atoms with Crippen LogP contribution in [0.1, 0.15) is 19.2 Å². The fourth-order valence-corrected chi connectivity index (χ4v) is 2.24. The predicted molar refractivity (Wildman–Crippen MR) is 68.5 cm³/mol. The van der Waals surface area contributed by atoms with Crippen LogP contribution in [0, 0.1) is 6.92 Å². The van der Waals surface area contributed by atoms with Crippen LogP contribution in [0.3, 0.4) is 0 Å². The Bertz CT molecular complexity index is 421. The van der Waals surface area contributed by atoms with Gasteiger partial charge in [-0.2, -0.15) is 0 Å². The Labute approximate surface area is 101 Å². The third kappa shape index (κ3) is 3.06. The molecule has 2 heterocycles. The zero-order valence-corrected chi connectivity index (χ0v) is 10.6. The third-order valence-corrected chi connectivity index (χ3v) is 3.08. The van der Waals surface area contributed by atoms with Crippen molar-refractivity contribution >= 4 is 5.82 Å². The minimum Gasteiger partial charge on any atom is -0.354 e. The van der Waals surface area contributed by atoms with E-state index >= 15 is 0 Å². The van der Waals surface area contributed by atoms with E-state index in [-0.39, 0.29) is 5.56 Å². The predicted octanol–water partition coefficient (Wildman–Crippen LogP) is 0.610. The second kappa shape index (κ2) is 5.31. The van der Waals surface area contributed by atoms with Crippen LogP contribution in [-0.2, 0) is 0 Å². The van der Waals surface area contributed by atoms with Crippen molar-refractivity contribution in [2.24, 2.45) is 0 Å². The number of H-pyrrole nitrogens is 1. The van der Waals surface area contributed by atoms with Gasteiger partial charge in [-0.1, -0.05) is 6.92 Å². The summed E-state index contributed by atoms with van der Waals surface area (Å²) in [5, 5.41) is 0. The van der Waals surface area contributed by atoms with E-state index in [2.05, 4.69) is 26.7 Å². The number of nitrogens with one attached hydrogen (secondary N) is 1. The van der Waals surface area contributed by atoms with Crippen molar-refractivity contribution in [1.29, 1.82) is 0 Å². The molecule has 1 aromatic heterocycles. The van der Waals surface area contributed by atoms with Gasteiger partial charge in [-0.15, -0.1) is 0 Å². The molecule has 0 atom stereocenters. The first-order chi connectivity index (χ1) is 8.19. The van der Waals surface area contributed by atoms with Crippen molar-refractivity contribution in [1.82, 2.24) is 14.9 Å². The van der Waals surface area contributed by atoms with Crippen molar-refractivity contribution in [3.8, 4) is 0 Å².